The number of nitrogen functional groups attached to an aromatic ring is 1. The molecule has 0 unspecified atom stereocenters. The number of ketones is 2. The Kier molecular flexibility index (Phi) is 2.84. The van der Waals surface area contributed by atoms with Crippen molar-refractivity contribution in [2.75, 3.05) is 5.73 Å². The van der Waals surface area contributed by atoms with Gasteiger partial charge in [-0.05, 0) is 15.9 Å². The lowest BCUT2D eigenvalue weighted by molar-refractivity contribution is 0.0977. The number of rotatable bonds is 0. The van der Waals surface area contributed by atoms with Crippen molar-refractivity contribution in [1.82, 2.24) is 0 Å². The van der Waals surface area contributed by atoms with Gasteiger partial charge in [0.1, 0.15) is 5.75 Å². The van der Waals surface area contributed by atoms with Crippen LogP contribution < -0.4 is 5.73 Å². The number of benzene rings is 2. The third-order valence-corrected chi connectivity index (χ3v) is 4.66. The number of carbonyl (C=O) groups is 2. The Morgan fingerprint density at radius 2 is 1.55 bits per heavy atom. The molecule has 0 spiro atoms. The van der Waals surface area contributed by atoms with Crippen LogP contribution in [0.25, 0.3) is 0 Å². The molecule has 0 atom stereocenters. The molecule has 0 fully saturated rings. The third kappa shape index (κ3) is 1.53. The normalized spacial score (nSPS) is 13.1. The number of carbonyl (C=O) groups excluding carboxylic acids is 2. The third-order valence-electron chi connectivity index (χ3n) is 3.26. The summed E-state index contributed by atoms with van der Waals surface area (Å²) in [7, 11) is 0. The van der Waals surface area contributed by atoms with Crippen molar-refractivity contribution in [1.29, 1.82) is 0 Å². The first-order chi connectivity index (χ1) is 9.45. The molecule has 3 N–H and O–H groups in total. The molecule has 2 aromatic rings. The number of fused-ring (bicyclic) bond motifs is 2. The van der Waals surface area contributed by atoms with Crippen molar-refractivity contribution in [3.8, 4) is 5.75 Å². The average molecular weight is 353 g/mol. The van der Waals surface area contributed by atoms with Crippen LogP contribution >= 0.6 is 27.5 Å². The van der Waals surface area contributed by atoms with Gasteiger partial charge in [-0.25, -0.2) is 0 Å². The van der Waals surface area contributed by atoms with Crippen LogP contribution in [0.15, 0.2) is 28.7 Å². The summed E-state index contributed by atoms with van der Waals surface area (Å²) in [5.41, 5.74) is 6.17. The minimum atomic E-state index is -0.447. The van der Waals surface area contributed by atoms with Crippen LogP contribution in [-0.2, 0) is 0 Å². The molecule has 0 aliphatic heterocycles. The molecule has 6 heteroatoms. The van der Waals surface area contributed by atoms with E-state index < -0.39 is 11.6 Å². The Morgan fingerprint density at radius 3 is 2.10 bits per heavy atom. The molecule has 4 nitrogen and oxygen atoms in total. The molecule has 0 heterocycles. The van der Waals surface area contributed by atoms with Gasteiger partial charge in [-0.1, -0.05) is 35.9 Å². The number of nitrogens with two attached hydrogens (primary N) is 1. The van der Waals surface area contributed by atoms with Gasteiger partial charge in [-0.2, -0.15) is 0 Å². The number of hydrogen-bond donors (Lipinski definition) is 2. The topological polar surface area (TPSA) is 80.4 Å². The van der Waals surface area contributed by atoms with E-state index in [0.29, 0.717) is 0 Å². The summed E-state index contributed by atoms with van der Waals surface area (Å²) < 4.78 is 0.107. The summed E-state index contributed by atoms with van der Waals surface area (Å²) in [4.78, 5) is 24.9. The first-order valence-electron chi connectivity index (χ1n) is 5.63. The van der Waals surface area contributed by atoms with Gasteiger partial charge >= 0.3 is 0 Å². The lowest BCUT2D eigenvalue weighted by atomic mass is 9.83. The molecule has 0 bridgehead atoms. The van der Waals surface area contributed by atoms with Crippen molar-refractivity contribution in [2.24, 2.45) is 0 Å². The first kappa shape index (κ1) is 13.1. The minimum absolute atomic E-state index is 0.0146. The van der Waals surface area contributed by atoms with E-state index in [9.17, 15) is 14.7 Å². The van der Waals surface area contributed by atoms with Crippen LogP contribution in [-0.4, -0.2) is 16.7 Å². The zero-order chi connectivity index (χ0) is 14.6. The average Bonchev–Trinajstić information content (AvgIpc) is 2.46. The van der Waals surface area contributed by atoms with E-state index in [-0.39, 0.29) is 43.2 Å². The Labute approximate surface area is 127 Å². The molecule has 1 aliphatic carbocycles. The fourth-order valence-corrected chi connectivity index (χ4v) is 2.90. The SMILES string of the molecule is Nc1c(Cl)c(Br)c(O)c2c1C(=O)c1ccccc1C2=O. The Morgan fingerprint density at radius 1 is 1.05 bits per heavy atom. The lowest BCUT2D eigenvalue weighted by Gasteiger charge is -2.21. The molecule has 20 heavy (non-hydrogen) atoms. The van der Waals surface area contributed by atoms with E-state index in [1.807, 2.05) is 0 Å². The summed E-state index contributed by atoms with van der Waals surface area (Å²) in [5, 5.41) is 10.1. The number of hydrogen-bond acceptors (Lipinski definition) is 4. The fraction of sp³-hybridized carbons (Fsp3) is 0. The van der Waals surface area contributed by atoms with E-state index in [0.717, 1.165) is 0 Å². The van der Waals surface area contributed by atoms with Crippen LogP contribution in [0.2, 0.25) is 5.02 Å². The highest BCUT2D eigenvalue weighted by Crippen LogP contribution is 2.45. The van der Waals surface area contributed by atoms with Crippen LogP contribution in [0, 0.1) is 0 Å². The number of phenols is 1. The van der Waals surface area contributed by atoms with Crippen LogP contribution in [0.3, 0.4) is 0 Å². The van der Waals surface area contributed by atoms with Gasteiger partial charge < -0.3 is 10.8 Å². The second-order valence-electron chi connectivity index (χ2n) is 4.34. The van der Waals surface area contributed by atoms with Crippen molar-refractivity contribution >= 4 is 44.8 Å². The van der Waals surface area contributed by atoms with E-state index in [4.69, 9.17) is 17.3 Å². The maximum absolute atomic E-state index is 12.5. The zero-order valence-electron chi connectivity index (χ0n) is 9.91. The molecule has 0 saturated carbocycles. The van der Waals surface area contributed by atoms with E-state index in [2.05, 4.69) is 15.9 Å². The molecule has 1 aliphatic rings. The van der Waals surface area contributed by atoms with E-state index in [1.54, 1.807) is 18.2 Å². The van der Waals surface area contributed by atoms with E-state index in [1.165, 1.54) is 6.07 Å². The van der Waals surface area contributed by atoms with E-state index >= 15 is 0 Å². The Hall–Kier alpha value is -1.85. The highest BCUT2D eigenvalue weighted by Gasteiger charge is 2.36. The zero-order valence-corrected chi connectivity index (χ0v) is 12.2. The van der Waals surface area contributed by atoms with Gasteiger partial charge in [0.25, 0.3) is 0 Å². The summed E-state index contributed by atoms with van der Waals surface area (Å²) in [5.74, 6) is -1.23. The van der Waals surface area contributed by atoms with Gasteiger partial charge in [0.05, 0.1) is 26.3 Å². The maximum Gasteiger partial charge on any atom is 0.198 e. The molecule has 3 rings (SSSR count). The molecule has 100 valence electrons. The number of phenolic OH excluding ortho intramolecular Hbond substituents is 1. The first-order valence-corrected chi connectivity index (χ1v) is 6.80. The van der Waals surface area contributed by atoms with Crippen LogP contribution in [0.1, 0.15) is 31.8 Å². The van der Waals surface area contributed by atoms with Crippen molar-refractivity contribution in [2.45, 2.75) is 0 Å². The van der Waals surface area contributed by atoms with Crippen molar-refractivity contribution < 1.29 is 14.7 Å². The van der Waals surface area contributed by atoms with Crippen LogP contribution in [0.4, 0.5) is 5.69 Å². The van der Waals surface area contributed by atoms with Crippen molar-refractivity contribution in [3.05, 3.63) is 56.0 Å². The molecule has 2 aromatic carbocycles. The van der Waals surface area contributed by atoms with Crippen molar-refractivity contribution in [3.63, 3.8) is 0 Å². The fourth-order valence-electron chi connectivity index (χ4n) is 2.30. The maximum atomic E-state index is 12.5. The molecule has 0 amide bonds. The summed E-state index contributed by atoms with van der Waals surface area (Å²) in [6.07, 6.45) is 0. The predicted molar refractivity (Wildman–Crippen MR) is 78.5 cm³/mol. The largest absolute Gasteiger partial charge is 0.506 e. The van der Waals surface area contributed by atoms with Gasteiger partial charge in [0.2, 0.25) is 0 Å². The Balaban J connectivity index is 2.46. The summed E-state index contributed by atoms with van der Waals surface area (Å²) in [6, 6.07) is 6.40. The smallest absolute Gasteiger partial charge is 0.198 e. The number of aromatic hydroxyl groups is 1. The van der Waals surface area contributed by atoms with Gasteiger partial charge in [-0.15, -0.1) is 0 Å². The summed E-state index contributed by atoms with van der Waals surface area (Å²) >= 11 is 9.04. The second kappa shape index (κ2) is 4.33. The molecular weight excluding hydrogens is 346 g/mol. The number of anilines is 1. The second-order valence-corrected chi connectivity index (χ2v) is 5.52. The summed E-state index contributed by atoms with van der Waals surface area (Å²) in [6.45, 7) is 0. The molecular formula is C14H7BrClNO3. The standard InChI is InChI=1S/C14H7BrClNO3/c15-9-10(16)11(17)7-8(14(9)20)13(19)6-4-2-1-3-5(6)12(7)18/h1-4,20H,17H2. The number of halogens is 2. The van der Waals surface area contributed by atoms with Gasteiger partial charge in [0, 0.05) is 11.1 Å². The minimum Gasteiger partial charge on any atom is -0.506 e. The Bertz CT molecular complexity index is 735. The van der Waals surface area contributed by atoms with Gasteiger partial charge in [-0.3, -0.25) is 9.59 Å². The highest BCUT2D eigenvalue weighted by atomic mass is 79.9. The predicted octanol–water partition coefficient (Wildman–Crippen LogP) is 3.17. The monoisotopic (exact) mass is 351 g/mol. The molecule has 0 aromatic heterocycles. The molecule has 0 radical (unpaired) electrons. The van der Waals surface area contributed by atoms with Gasteiger partial charge in [0.15, 0.2) is 11.6 Å². The van der Waals surface area contributed by atoms with Crippen LogP contribution in [0.5, 0.6) is 5.75 Å². The highest BCUT2D eigenvalue weighted by molar-refractivity contribution is 9.10. The lowest BCUT2D eigenvalue weighted by Crippen LogP contribution is -2.22. The quantitative estimate of drug-likeness (QED) is 0.481. The molecule has 0 saturated heterocycles.